The summed E-state index contributed by atoms with van der Waals surface area (Å²) in [6, 6.07) is 2.08. The minimum absolute atomic E-state index is 0.134. The Morgan fingerprint density at radius 1 is 1.23 bits per heavy atom. The Kier molecular flexibility index (Phi) is 4.98. The molecular weight excluding hydrogens is 280 g/mol. The average molecular weight is 304 g/mol. The lowest BCUT2D eigenvalue weighted by Gasteiger charge is -2.20. The van der Waals surface area contributed by atoms with Gasteiger partial charge in [0.2, 0.25) is 5.91 Å². The Hall–Kier alpha value is -1.72. The van der Waals surface area contributed by atoms with E-state index >= 15 is 0 Å². The minimum atomic E-state index is -0.827. The predicted molar refractivity (Wildman–Crippen MR) is 86.1 cm³/mol. The number of amides is 1. The summed E-state index contributed by atoms with van der Waals surface area (Å²) in [6.45, 7) is 11.2. The summed E-state index contributed by atoms with van der Waals surface area (Å²) in [5.41, 5.74) is 8.49. The molecule has 1 aromatic carbocycles. The van der Waals surface area contributed by atoms with Crippen molar-refractivity contribution in [2.24, 2.45) is 5.10 Å². The Morgan fingerprint density at radius 2 is 1.86 bits per heavy atom. The number of hydrogen-bond donors (Lipinski definition) is 1. The van der Waals surface area contributed by atoms with Crippen molar-refractivity contribution < 1.29 is 14.3 Å². The lowest BCUT2D eigenvalue weighted by molar-refractivity contribution is -0.159. The van der Waals surface area contributed by atoms with Gasteiger partial charge < -0.3 is 9.47 Å². The van der Waals surface area contributed by atoms with E-state index in [4.69, 9.17) is 9.47 Å². The number of aryl methyl sites for hydroxylation is 1. The van der Waals surface area contributed by atoms with Gasteiger partial charge in [0.1, 0.15) is 0 Å². The van der Waals surface area contributed by atoms with Crippen LogP contribution in [0.3, 0.4) is 0 Å². The van der Waals surface area contributed by atoms with Gasteiger partial charge in [0.25, 0.3) is 0 Å². The predicted octanol–water partition coefficient (Wildman–Crippen LogP) is 2.52. The highest BCUT2D eigenvalue weighted by Gasteiger charge is 2.33. The van der Waals surface area contributed by atoms with Crippen LogP contribution in [0, 0.1) is 27.7 Å². The summed E-state index contributed by atoms with van der Waals surface area (Å²) >= 11 is 0. The number of benzene rings is 1. The van der Waals surface area contributed by atoms with Crippen LogP contribution in [0.25, 0.3) is 0 Å². The maximum absolute atomic E-state index is 11.9. The SMILES string of the molecule is Cc1cc(/C=N\NC(=O)CC2(C)OCCO2)c(C)c(C)c1C. The molecule has 0 unspecified atom stereocenters. The van der Waals surface area contributed by atoms with Crippen LogP contribution in [0.1, 0.15) is 41.2 Å². The molecule has 0 atom stereocenters. The van der Waals surface area contributed by atoms with Crippen LogP contribution in [0.4, 0.5) is 0 Å². The molecule has 5 heteroatoms. The number of rotatable bonds is 4. The number of nitrogens with one attached hydrogen (secondary N) is 1. The normalized spacial score (nSPS) is 17.1. The highest BCUT2D eigenvalue weighted by molar-refractivity contribution is 5.85. The molecule has 0 spiro atoms. The van der Waals surface area contributed by atoms with Gasteiger partial charge in [0, 0.05) is 0 Å². The monoisotopic (exact) mass is 304 g/mol. The Labute approximate surface area is 131 Å². The van der Waals surface area contributed by atoms with Gasteiger partial charge in [-0.3, -0.25) is 4.79 Å². The van der Waals surface area contributed by atoms with Crippen LogP contribution >= 0.6 is 0 Å². The number of ether oxygens (including phenoxy) is 2. The van der Waals surface area contributed by atoms with Gasteiger partial charge in [-0.25, -0.2) is 5.43 Å². The van der Waals surface area contributed by atoms with Crippen molar-refractivity contribution in [3.05, 3.63) is 33.9 Å². The second kappa shape index (κ2) is 6.58. The van der Waals surface area contributed by atoms with Crippen LogP contribution in [-0.4, -0.2) is 31.1 Å². The van der Waals surface area contributed by atoms with E-state index in [1.165, 1.54) is 22.3 Å². The lowest BCUT2D eigenvalue weighted by atomic mass is 9.95. The van der Waals surface area contributed by atoms with E-state index in [2.05, 4.69) is 44.3 Å². The van der Waals surface area contributed by atoms with E-state index < -0.39 is 5.79 Å². The zero-order chi connectivity index (χ0) is 16.3. The molecule has 0 radical (unpaired) electrons. The first-order valence-corrected chi connectivity index (χ1v) is 7.49. The van der Waals surface area contributed by atoms with Crippen LogP contribution in [0.5, 0.6) is 0 Å². The maximum atomic E-state index is 11.9. The third-order valence-corrected chi connectivity index (χ3v) is 4.29. The highest BCUT2D eigenvalue weighted by Crippen LogP contribution is 2.22. The van der Waals surface area contributed by atoms with Crippen molar-refractivity contribution in [3.63, 3.8) is 0 Å². The maximum Gasteiger partial charge on any atom is 0.245 e. The van der Waals surface area contributed by atoms with E-state index in [0.29, 0.717) is 13.2 Å². The molecule has 1 amide bonds. The van der Waals surface area contributed by atoms with E-state index in [9.17, 15) is 4.79 Å². The molecule has 22 heavy (non-hydrogen) atoms. The van der Waals surface area contributed by atoms with Gasteiger partial charge in [-0.05, 0) is 68.5 Å². The minimum Gasteiger partial charge on any atom is -0.347 e. The quantitative estimate of drug-likeness (QED) is 0.687. The van der Waals surface area contributed by atoms with Gasteiger partial charge in [0.05, 0.1) is 25.8 Å². The number of hydrogen-bond acceptors (Lipinski definition) is 4. The van der Waals surface area contributed by atoms with Gasteiger partial charge >= 0.3 is 0 Å². The molecule has 0 bridgehead atoms. The van der Waals surface area contributed by atoms with E-state index in [-0.39, 0.29) is 12.3 Å². The molecule has 1 aliphatic heterocycles. The van der Waals surface area contributed by atoms with Crippen LogP contribution < -0.4 is 5.43 Å². The second-order valence-electron chi connectivity index (χ2n) is 5.96. The summed E-state index contributed by atoms with van der Waals surface area (Å²) in [4.78, 5) is 11.9. The number of carbonyl (C=O) groups is 1. The smallest absolute Gasteiger partial charge is 0.245 e. The average Bonchev–Trinajstić information content (AvgIpc) is 2.88. The first kappa shape index (κ1) is 16.6. The number of hydrazone groups is 1. The number of carbonyl (C=O) groups excluding carboxylic acids is 1. The first-order valence-electron chi connectivity index (χ1n) is 7.49. The molecule has 1 fully saturated rings. The molecule has 1 N–H and O–H groups in total. The highest BCUT2D eigenvalue weighted by atomic mass is 16.7. The molecule has 1 aliphatic rings. The van der Waals surface area contributed by atoms with Crippen molar-refractivity contribution in [1.82, 2.24) is 5.43 Å². The zero-order valence-corrected chi connectivity index (χ0v) is 13.9. The summed E-state index contributed by atoms with van der Waals surface area (Å²) in [6.07, 6.45) is 1.82. The van der Waals surface area contributed by atoms with E-state index in [1.807, 2.05) is 0 Å². The fourth-order valence-electron chi connectivity index (χ4n) is 2.54. The van der Waals surface area contributed by atoms with Gasteiger partial charge in [-0.15, -0.1) is 0 Å². The topological polar surface area (TPSA) is 59.9 Å². The second-order valence-corrected chi connectivity index (χ2v) is 5.96. The lowest BCUT2D eigenvalue weighted by Crippen LogP contribution is -2.33. The summed E-state index contributed by atoms with van der Waals surface area (Å²) < 4.78 is 10.8. The van der Waals surface area contributed by atoms with Crippen molar-refractivity contribution in [2.75, 3.05) is 13.2 Å². The fraction of sp³-hybridized carbons (Fsp3) is 0.529. The number of nitrogens with zero attached hydrogens (tertiary/aromatic N) is 1. The molecule has 120 valence electrons. The van der Waals surface area contributed by atoms with Crippen molar-refractivity contribution in [2.45, 2.75) is 46.8 Å². The van der Waals surface area contributed by atoms with Crippen molar-refractivity contribution in [3.8, 4) is 0 Å². The fourth-order valence-corrected chi connectivity index (χ4v) is 2.54. The largest absolute Gasteiger partial charge is 0.347 e. The molecule has 1 saturated heterocycles. The summed E-state index contributed by atoms with van der Waals surface area (Å²) in [5, 5.41) is 4.05. The Balaban J connectivity index is 1.99. The molecule has 5 nitrogen and oxygen atoms in total. The third-order valence-electron chi connectivity index (χ3n) is 4.29. The molecule has 0 saturated carbocycles. The molecule has 2 rings (SSSR count). The zero-order valence-electron chi connectivity index (χ0n) is 13.9. The van der Waals surface area contributed by atoms with Crippen molar-refractivity contribution in [1.29, 1.82) is 0 Å². The van der Waals surface area contributed by atoms with Gasteiger partial charge in [-0.2, -0.15) is 5.10 Å². The third kappa shape index (κ3) is 3.72. The summed E-state index contributed by atoms with van der Waals surface area (Å²) in [7, 11) is 0. The molecule has 0 aromatic heterocycles. The Bertz CT molecular complexity index is 602. The van der Waals surface area contributed by atoms with E-state index in [0.717, 1.165) is 5.56 Å². The molecule has 1 heterocycles. The van der Waals surface area contributed by atoms with Crippen LogP contribution in [0.2, 0.25) is 0 Å². The van der Waals surface area contributed by atoms with Gasteiger partial charge in [0.15, 0.2) is 5.79 Å². The van der Waals surface area contributed by atoms with E-state index in [1.54, 1.807) is 13.1 Å². The van der Waals surface area contributed by atoms with Crippen LogP contribution in [-0.2, 0) is 14.3 Å². The molecule has 0 aliphatic carbocycles. The summed E-state index contributed by atoms with van der Waals surface area (Å²) in [5.74, 6) is -1.05. The Morgan fingerprint density at radius 3 is 2.50 bits per heavy atom. The van der Waals surface area contributed by atoms with Gasteiger partial charge in [-0.1, -0.05) is 0 Å². The van der Waals surface area contributed by atoms with Crippen molar-refractivity contribution >= 4 is 12.1 Å². The molecule has 1 aromatic rings. The van der Waals surface area contributed by atoms with Crippen LogP contribution in [0.15, 0.2) is 11.2 Å². The molecular formula is C17H24N2O3. The first-order chi connectivity index (χ1) is 10.3. The standard InChI is InChI=1S/C17H24N2O3/c1-11-8-15(14(4)13(3)12(11)2)10-18-19-16(20)9-17(5)21-6-7-22-17/h8,10H,6-7,9H2,1-5H3,(H,19,20)/b18-10-.